The van der Waals surface area contributed by atoms with Gasteiger partial charge in [0.1, 0.15) is 16.0 Å². The standard InChI is InChI=1S/C15H22N2O4S/c1-11(2)10-22(20,16-13(4)18)17-15(19)21-12(3)14-8-6-5-7-9-14/h5-9,11-12H,10H2,1-4H3,(H,16,17,18,19,20)/t12-,22?/m0/s1. The number of carbonyl (C=O) groups is 2. The van der Waals surface area contributed by atoms with Crippen LogP contribution in [0.2, 0.25) is 0 Å². The van der Waals surface area contributed by atoms with Crippen molar-refractivity contribution >= 4 is 21.9 Å². The molecule has 7 heteroatoms. The van der Waals surface area contributed by atoms with E-state index >= 15 is 0 Å². The molecular formula is C15H22N2O4S. The Morgan fingerprint density at radius 1 is 1.23 bits per heavy atom. The highest BCUT2D eigenvalue weighted by molar-refractivity contribution is 7.92. The molecule has 22 heavy (non-hydrogen) atoms. The quantitative estimate of drug-likeness (QED) is 0.901. The van der Waals surface area contributed by atoms with Crippen LogP contribution in [0.4, 0.5) is 4.79 Å². The number of nitrogens with zero attached hydrogens (tertiary/aromatic N) is 1. The Bertz CT molecular complexity index is 634. The Kier molecular flexibility index (Phi) is 6.55. The minimum atomic E-state index is -3.16. The fraction of sp³-hybridized carbons (Fsp3) is 0.467. The summed E-state index contributed by atoms with van der Waals surface area (Å²) in [7, 11) is -3.16. The summed E-state index contributed by atoms with van der Waals surface area (Å²) in [5.74, 6) is -0.415. The van der Waals surface area contributed by atoms with E-state index in [0.29, 0.717) is 0 Å². The fourth-order valence-electron chi connectivity index (χ4n) is 1.86. The molecule has 0 saturated carbocycles. The number of ether oxygens (including phenoxy) is 1. The molecule has 0 aliphatic rings. The number of benzene rings is 1. The van der Waals surface area contributed by atoms with E-state index in [0.717, 1.165) is 5.56 Å². The first kappa shape index (κ1) is 18.2. The van der Waals surface area contributed by atoms with Crippen LogP contribution in [-0.4, -0.2) is 22.0 Å². The van der Waals surface area contributed by atoms with Crippen molar-refractivity contribution in [3.63, 3.8) is 0 Å². The molecule has 1 aromatic carbocycles. The van der Waals surface area contributed by atoms with Gasteiger partial charge >= 0.3 is 6.09 Å². The summed E-state index contributed by atoms with van der Waals surface area (Å²) in [5.41, 5.74) is 0.806. The van der Waals surface area contributed by atoms with Gasteiger partial charge < -0.3 is 4.74 Å². The SMILES string of the molecule is CC(=O)NS(=O)(CC(C)C)=NC(=O)O[C@@H](C)c1ccccc1. The van der Waals surface area contributed by atoms with E-state index < -0.39 is 28.0 Å². The van der Waals surface area contributed by atoms with Gasteiger partial charge in [0.25, 0.3) is 0 Å². The van der Waals surface area contributed by atoms with Crippen molar-refractivity contribution in [2.75, 3.05) is 5.75 Å². The lowest BCUT2D eigenvalue weighted by molar-refractivity contribution is -0.117. The van der Waals surface area contributed by atoms with Crippen molar-refractivity contribution in [1.29, 1.82) is 0 Å². The molecule has 0 saturated heterocycles. The van der Waals surface area contributed by atoms with Crippen LogP contribution in [0.1, 0.15) is 39.4 Å². The lowest BCUT2D eigenvalue weighted by Crippen LogP contribution is -2.33. The van der Waals surface area contributed by atoms with Crippen LogP contribution < -0.4 is 4.72 Å². The predicted octanol–water partition coefficient (Wildman–Crippen LogP) is 3.06. The zero-order valence-electron chi connectivity index (χ0n) is 13.2. The lowest BCUT2D eigenvalue weighted by atomic mass is 10.1. The van der Waals surface area contributed by atoms with Gasteiger partial charge in [-0.2, -0.15) is 0 Å². The average molecular weight is 326 g/mol. The van der Waals surface area contributed by atoms with Crippen LogP contribution in [-0.2, 0) is 19.4 Å². The largest absolute Gasteiger partial charge is 0.443 e. The highest BCUT2D eigenvalue weighted by Gasteiger charge is 2.18. The number of amides is 2. The number of hydrogen-bond donors (Lipinski definition) is 1. The maximum atomic E-state index is 12.5. The van der Waals surface area contributed by atoms with Gasteiger partial charge in [-0.1, -0.05) is 44.2 Å². The molecule has 0 aliphatic carbocycles. The molecule has 0 aromatic heterocycles. The molecule has 1 rings (SSSR count). The topological polar surface area (TPSA) is 84.8 Å². The zero-order valence-corrected chi connectivity index (χ0v) is 14.1. The molecule has 2 atom stereocenters. The maximum absolute atomic E-state index is 12.5. The van der Waals surface area contributed by atoms with E-state index in [1.165, 1.54) is 6.92 Å². The van der Waals surface area contributed by atoms with Crippen molar-refractivity contribution in [3.05, 3.63) is 35.9 Å². The minimum absolute atomic E-state index is 0.00227. The molecule has 0 spiro atoms. The van der Waals surface area contributed by atoms with Crippen molar-refractivity contribution in [2.45, 2.75) is 33.8 Å². The van der Waals surface area contributed by atoms with Crippen LogP contribution >= 0.6 is 0 Å². The van der Waals surface area contributed by atoms with Gasteiger partial charge in [-0.3, -0.25) is 9.52 Å². The molecule has 0 radical (unpaired) electrons. The summed E-state index contributed by atoms with van der Waals surface area (Å²) in [6.45, 7) is 6.59. The summed E-state index contributed by atoms with van der Waals surface area (Å²) in [6, 6.07) is 9.15. The second-order valence-corrected chi connectivity index (χ2v) is 7.39. The van der Waals surface area contributed by atoms with E-state index in [-0.39, 0.29) is 11.7 Å². The van der Waals surface area contributed by atoms with Gasteiger partial charge in [-0.05, 0) is 18.4 Å². The van der Waals surface area contributed by atoms with Crippen molar-refractivity contribution in [3.8, 4) is 0 Å². The second kappa shape index (κ2) is 7.93. The van der Waals surface area contributed by atoms with Crippen LogP contribution in [0.5, 0.6) is 0 Å². The molecule has 0 aliphatic heterocycles. The van der Waals surface area contributed by atoms with Gasteiger partial charge in [-0.15, -0.1) is 4.36 Å². The molecule has 122 valence electrons. The third kappa shape index (κ3) is 6.26. The molecule has 6 nitrogen and oxygen atoms in total. The summed E-state index contributed by atoms with van der Waals surface area (Å²) in [5, 5.41) is 0. The first-order chi connectivity index (χ1) is 10.2. The molecule has 1 N–H and O–H groups in total. The fourth-order valence-corrected chi connectivity index (χ4v) is 3.70. The summed E-state index contributed by atoms with van der Waals surface area (Å²) < 4.78 is 23.5. The Morgan fingerprint density at radius 3 is 2.32 bits per heavy atom. The molecular weight excluding hydrogens is 304 g/mol. The number of carbonyl (C=O) groups excluding carboxylic acids is 2. The highest BCUT2D eigenvalue weighted by atomic mass is 32.2. The predicted molar refractivity (Wildman–Crippen MR) is 85.4 cm³/mol. The van der Waals surface area contributed by atoms with Gasteiger partial charge in [0, 0.05) is 6.92 Å². The van der Waals surface area contributed by atoms with E-state index in [9.17, 15) is 13.8 Å². The Balaban J connectivity index is 2.89. The van der Waals surface area contributed by atoms with E-state index in [1.807, 2.05) is 44.2 Å². The first-order valence-corrected chi connectivity index (χ1v) is 8.69. The smallest absolute Gasteiger partial charge is 0.440 e. The van der Waals surface area contributed by atoms with E-state index in [1.54, 1.807) is 6.92 Å². The third-order valence-corrected chi connectivity index (χ3v) is 4.80. The summed E-state index contributed by atoms with van der Waals surface area (Å²) >= 11 is 0. The Hall–Kier alpha value is -1.89. The molecule has 1 unspecified atom stereocenters. The van der Waals surface area contributed by atoms with Crippen molar-refractivity contribution < 1.29 is 18.5 Å². The van der Waals surface area contributed by atoms with Gasteiger partial charge in [0.2, 0.25) is 5.91 Å². The maximum Gasteiger partial charge on any atom is 0.443 e. The second-order valence-electron chi connectivity index (χ2n) is 5.39. The molecule has 1 aromatic rings. The van der Waals surface area contributed by atoms with Gasteiger partial charge in [-0.25, -0.2) is 9.00 Å². The minimum Gasteiger partial charge on any atom is -0.440 e. The summed E-state index contributed by atoms with van der Waals surface area (Å²) in [6.07, 6.45) is -1.46. The number of rotatable bonds is 5. The Labute approximate surface area is 131 Å². The third-order valence-electron chi connectivity index (χ3n) is 2.63. The van der Waals surface area contributed by atoms with E-state index in [2.05, 4.69) is 9.08 Å². The van der Waals surface area contributed by atoms with Gasteiger partial charge in [0.15, 0.2) is 0 Å². The zero-order chi connectivity index (χ0) is 16.8. The molecule has 0 fully saturated rings. The highest BCUT2D eigenvalue weighted by Crippen LogP contribution is 2.17. The summed E-state index contributed by atoms with van der Waals surface area (Å²) in [4.78, 5) is 23.0. The monoisotopic (exact) mass is 326 g/mol. The average Bonchev–Trinajstić information content (AvgIpc) is 2.36. The van der Waals surface area contributed by atoms with Gasteiger partial charge in [0.05, 0.1) is 5.75 Å². The van der Waals surface area contributed by atoms with Crippen LogP contribution in [0.15, 0.2) is 34.7 Å². The lowest BCUT2D eigenvalue weighted by Gasteiger charge is -2.14. The number of hydrogen-bond acceptors (Lipinski definition) is 4. The molecule has 0 bridgehead atoms. The van der Waals surface area contributed by atoms with Crippen LogP contribution in [0.25, 0.3) is 0 Å². The Morgan fingerprint density at radius 2 is 1.82 bits per heavy atom. The van der Waals surface area contributed by atoms with Crippen molar-refractivity contribution in [2.24, 2.45) is 10.3 Å². The van der Waals surface area contributed by atoms with E-state index in [4.69, 9.17) is 4.74 Å². The first-order valence-electron chi connectivity index (χ1n) is 7.00. The van der Waals surface area contributed by atoms with Crippen LogP contribution in [0.3, 0.4) is 0 Å². The van der Waals surface area contributed by atoms with Crippen LogP contribution in [0, 0.1) is 5.92 Å². The van der Waals surface area contributed by atoms with Crippen molar-refractivity contribution in [1.82, 2.24) is 4.72 Å². The normalized spacial score (nSPS) is 14.8. The number of nitrogens with one attached hydrogen (secondary N) is 1. The molecule has 2 amide bonds. The molecule has 0 heterocycles.